The van der Waals surface area contributed by atoms with Crippen molar-refractivity contribution in [1.82, 2.24) is 0 Å². The van der Waals surface area contributed by atoms with E-state index in [1.54, 1.807) is 0 Å². The van der Waals surface area contributed by atoms with Gasteiger partial charge < -0.3 is 4.74 Å². The fourth-order valence-electron chi connectivity index (χ4n) is 3.83. The third-order valence-electron chi connectivity index (χ3n) is 4.58. The van der Waals surface area contributed by atoms with E-state index in [4.69, 9.17) is 4.74 Å². The molecule has 0 aromatic rings. The first-order valence-corrected chi connectivity index (χ1v) is 6.39. The summed E-state index contributed by atoms with van der Waals surface area (Å²) in [7, 11) is 0. The van der Waals surface area contributed by atoms with Gasteiger partial charge in [-0.05, 0) is 44.8 Å². The summed E-state index contributed by atoms with van der Waals surface area (Å²) >= 11 is 0. The zero-order valence-corrected chi connectivity index (χ0v) is 11.2. The molecule has 2 atom stereocenters. The zero-order chi connectivity index (χ0) is 12.7. The van der Waals surface area contributed by atoms with E-state index < -0.39 is 0 Å². The molecule has 0 spiro atoms. The van der Waals surface area contributed by atoms with Gasteiger partial charge in [0.25, 0.3) is 0 Å². The molecule has 17 heavy (non-hydrogen) atoms. The lowest BCUT2D eigenvalue weighted by atomic mass is 9.61. The minimum atomic E-state index is -0.120. The topological polar surface area (TPSA) is 29.6 Å². The minimum Gasteiger partial charge on any atom is -0.357 e. The van der Waals surface area contributed by atoms with Crippen LogP contribution in [0.2, 0.25) is 0 Å². The van der Waals surface area contributed by atoms with Gasteiger partial charge in [0.2, 0.25) is 0 Å². The molecule has 0 aromatic heterocycles. The van der Waals surface area contributed by atoms with Crippen molar-refractivity contribution >= 4 is 6.29 Å². The average Bonchev–Trinajstić information content (AvgIpc) is 2.88. The molecular weight excluding hydrogens is 212 g/mol. The minimum absolute atomic E-state index is 0.00432. The second kappa shape index (κ2) is 3.81. The molecule has 1 saturated heterocycles. The summed E-state index contributed by atoms with van der Waals surface area (Å²) in [6.07, 6.45) is 9.74. The summed E-state index contributed by atoms with van der Waals surface area (Å²) < 4.78 is 6.17. The fraction of sp³-hybridized carbons (Fsp3) is 0.667. The van der Waals surface area contributed by atoms with Crippen LogP contribution in [0, 0.1) is 5.41 Å². The van der Waals surface area contributed by atoms with Gasteiger partial charge in [-0.15, -0.1) is 0 Å². The Morgan fingerprint density at radius 3 is 2.47 bits per heavy atom. The van der Waals surface area contributed by atoms with Crippen LogP contribution in [0.15, 0.2) is 23.8 Å². The number of epoxide rings is 1. The molecule has 1 heterocycles. The number of aldehydes is 1. The maximum Gasteiger partial charge on any atom is 0.142 e. The Labute approximate surface area is 104 Å². The first kappa shape index (κ1) is 12.6. The van der Waals surface area contributed by atoms with E-state index in [1.165, 1.54) is 24.5 Å². The predicted octanol–water partition coefficient (Wildman–Crippen LogP) is 3.43. The molecule has 0 N–H and O–H groups in total. The van der Waals surface area contributed by atoms with Gasteiger partial charge in [0, 0.05) is 5.41 Å². The van der Waals surface area contributed by atoms with Gasteiger partial charge in [0.1, 0.15) is 17.5 Å². The van der Waals surface area contributed by atoms with E-state index >= 15 is 0 Å². The third kappa shape index (κ3) is 1.61. The molecule has 1 saturated carbocycles. The van der Waals surface area contributed by atoms with E-state index in [9.17, 15) is 4.79 Å². The van der Waals surface area contributed by atoms with Gasteiger partial charge in [-0.1, -0.05) is 26.0 Å². The molecule has 0 radical (unpaired) electrons. The van der Waals surface area contributed by atoms with Gasteiger partial charge in [-0.3, -0.25) is 4.79 Å². The van der Waals surface area contributed by atoms with Crippen molar-refractivity contribution in [2.75, 3.05) is 0 Å². The van der Waals surface area contributed by atoms with Crippen LogP contribution in [0.3, 0.4) is 0 Å². The fourth-order valence-corrected chi connectivity index (χ4v) is 3.83. The van der Waals surface area contributed by atoms with Gasteiger partial charge in [0.05, 0.1) is 0 Å². The standard InChI is InChI=1S/C15H22O2/c1-12(8-5-6-11-16)15-13(2,3)9-7-10-14(15,4)17-15/h5-6,8,11H,7,9-10H2,1-4H3/b6-5+,12-8+. The lowest BCUT2D eigenvalue weighted by molar-refractivity contribution is -0.104. The van der Waals surface area contributed by atoms with Crippen molar-refractivity contribution in [3.63, 3.8) is 0 Å². The van der Waals surface area contributed by atoms with Crippen LogP contribution < -0.4 is 0 Å². The molecule has 0 aromatic carbocycles. The normalized spacial score (nSPS) is 40.1. The van der Waals surface area contributed by atoms with Gasteiger partial charge >= 0.3 is 0 Å². The smallest absolute Gasteiger partial charge is 0.142 e. The molecule has 0 amide bonds. The molecule has 2 fully saturated rings. The third-order valence-corrected chi connectivity index (χ3v) is 4.58. The molecule has 2 nitrogen and oxygen atoms in total. The highest BCUT2D eigenvalue weighted by Gasteiger charge is 2.75. The average molecular weight is 234 g/mol. The summed E-state index contributed by atoms with van der Waals surface area (Å²) in [5.41, 5.74) is 1.30. The molecule has 1 aliphatic carbocycles. The molecule has 2 unspecified atom stereocenters. The quantitative estimate of drug-likeness (QED) is 0.324. The number of ether oxygens (including phenoxy) is 1. The molecule has 2 rings (SSSR count). The van der Waals surface area contributed by atoms with Crippen LogP contribution >= 0.6 is 0 Å². The van der Waals surface area contributed by atoms with E-state index in [2.05, 4.69) is 27.7 Å². The maximum atomic E-state index is 10.3. The Hall–Kier alpha value is -0.890. The van der Waals surface area contributed by atoms with Crippen LogP contribution in [-0.4, -0.2) is 17.5 Å². The lowest BCUT2D eigenvalue weighted by Gasteiger charge is -2.39. The number of rotatable bonds is 3. The lowest BCUT2D eigenvalue weighted by Crippen LogP contribution is -2.43. The highest BCUT2D eigenvalue weighted by Crippen LogP contribution is 2.68. The molecule has 94 valence electrons. The van der Waals surface area contributed by atoms with Crippen LogP contribution in [0.5, 0.6) is 0 Å². The molecule has 0 bridgehead atoms. The van der Waals surface area contributed by atoms with E-state index in [-0.39, 0.29) is 16.6 Å². The predicted molar refractivity (Wildman–Crippen MR) is 68.8 cm³/mol. The molecule has 2 heteroatoms. The number of carbonyl (C=O) groups is 1. The van der Waals surface area contributed by atoms with Crippen LogP contribution in [0.25, 0.3) is 0 Å². The first-order valence-electron chi connectivity index (χ1n) is 6.39. The van der Waals surface area contributed by atoms with E-state index in [0.717, 1.165) is 12.7 Å². The summed E-state index contributed by atoms with van der Waals surface area (Å²) in [6, 6.07) is 0. The molecule has 2 aliphatic rings. The first-order chi connectivity index (χ1) is 7.90. The highest BCUT2D eigenvalue weighted by molar-refractivity contribution is 5.65. The SMILES string of the molecule is C/C(=C\C=C\C=O)C12OC1(C)CCCC2(C)C. The van der Waals surface area contributed by atoms with Crippen LogP contribution in [0.1, 0.15) is 47.0 Å². The largest absolute Gasteiger partial charge is 0.357 e. The Kier molecular flexibility index (Phi) is 2.81. The van der Waals surface area contributed by atoms with Crippen LogP contribution in [-0.2, 0) is 9.53 Å². The van der Waals surface area contributed by atoms with E-state index in [0.29, 0.717) is 0 Å². The monoisotopic (exact) mass is 234 g/mol. The van der Waals surface area contributed by atoms with Crippen molar-refractivity contribution in [3.8, 4) is 0 Å². The Morgan fingerprint density at radius 2 is 1.88 bits per heavy atom. The van der Waals surface area contributed by atoms with Crippen molar-refractivity contribution in [2.24, 2.45) is 5.41 Å². The highest BCUT2D eigenvalue weighted by atomic mass is 16.6. The van der Waals surface area contributed by atoms with Gasteiger partial charge in [0.15, 0.2) is 0 Å². The number of carbonyl (C=O) groups excluding carboxylic acids is 1. The Bertz CT molecular complexity index is 392. The van der Waals surface area contributed by atoms with Crippen molar-refractivity contribution in [3.05, 3.63) is 23.8 Å². The summed E-state index contributed by atoms with van der Waals surface area (Å²) in [4.78, 5) is 10.3. The van der Waals surface area contributed by atoms with E-state index in [1.807, 2.05) is 12.2 Å². The Morgan fingerprint density at radius 1 is 1.18 bits per heavy atom. The van der Waals surface area contributed by atoms with Crippen molar-refractivity contribution < 1.29 is 9.53 Å². The summed E-state index contributed by atoms with van der Waals surface area (Å²) in [5.74, 6) is 0. The number of fused-ring (bicyclic) bond motifs is 1. The Balaban J connectivity index is 2.32. The van der Waals surface area contributed by atoms with Gasteiger partial charge in [-0.2, -0.15) is 0 Å². The maximum absolute atomic E-state index is 10.3. The van der Waals surface area contributed by atoms with Crippen molar-refractivity contribution in [2.45, 2.75) is 58.2 Å². The second-order valence-corrected chi connectivity index (χ2v) is 6.12. The van der Waals surface area contributed by atoms with Crippen molar-refractivity contribution in [1.29, 1.82) is 0 Å². The summed E-state index contributed by atoms with van der Waals surface area (Å²) in [5, 5.41) is 0. The second-order valence-electron chi connectivity index (χ2n) is 6.12. The summed E-state index contributed by atoms with van der Waals surface area (Å²) in [6.45, 7) is 8.92. The van der Waals surface area contributed by atoms with Gasteiger partial charge in [-0.25, -0.2) is 0 Å². The van der Waals surface area contributed by atoms with Crippen LogP contribution in [0.4, 0.5) is 0 Å². The number of hydrogen-bond donors (Lipinski definition) is 0. The molecular formula is C15H22O2. The number of allylic oxidation sites excluding steroid dienone is 3. The molecule has 1 aliphatic heterocycles. The zero-order valence-electron chi connectivity index (χ0n) is 11.2. The number of hydrogen-bond acceptors (Lipinski definition) is 2.